The number of amides is 1. The third-order valence-corrected chi connectivity index (χ3v) is 5.16. The summed E-state index contributed by atoms with van der Waals surface area (Å²) in [5, 5.41) is 3.52. The number of benzene rings is 1. The number of nitrogens with zero attached hydrogens (tertiary/aromatic N) is 1. The van der Waals surface area contributed by atoms with Gasteiger partial charge in [0.2, 0.25) is 0 Å². The van der Waals surface area contributed by atoms with E-state index in [0.29, 0.717) is 27.9 Å². The summed E-state index contributed by atoms with van der Waals surface area (Å²) in [5.41, 5.74) is 5.85. The van der Waals surface area contributed by atoms with Gasteiger partial charge in [0.05, 0.1) is 11.7 Å². The molecule has 1 aromatic carbocycles. The van der Waals surface area contributed by atoms with Crippen LogP contribution in [0.3, 0.4) is 0 Å². The molecule has 1 amide bonds. The SMILES string of the molecule is CC(CN)(NC(=O)c1cnc(-c2ccccc2F)s1)C1CC1.Cl.Cl. The molecule has 1 aromatic heterocycles. The fraction of sp³-hybridized carbons (Fsp3) is 0.375. The van der Waals surface area contributed by atoms with Crippen LogP contribution >= 0.6 is 36.2 Å². The van der Waals surface area contributed by atoms with Crippen LogP contribution in [-0.4, -0.2) is 23.0 Å². The molecular weight excluding hydrogens is 372 g/mol. The normalized spacial score (nSPS) is 15.6. The monoisotopic (exact) mass is 391 g/mol. The zero-order valence-corrected chi connectivity index (χ0v) is 15.6. The summed E-state index contributed by atoms with van der Waals surface area (Å²) in [5.74, 6) is -0.0889. The van der Waals surface area contributed by atoms with E-state index in [2.05, 4.69) is 10.3 Å². The molecule has 1 aliphatic carbocycles. The average Bonchev–Trinajstić information content (AvgIpc) is 3.26. The zero-order chi connectivity index (χ0) is 15.7. The number of aromatic nitrogens is 1. The highest BCUT2D eigenvalue weighted by molar-refractivity contribution is 7.16. The van der Waals surface area contributed by atoms with E-state index in [-0.39, 0.29) is 42.1 Å². The van der Waals surface area contributed by atoms with Crippen LogP contribution in [0.1, 0.15) is 29.4 Å². The second-order valence-electron chi connectivity index (χ2n) is 5.86. The first kappa shape index (κ1) is 20.8. The van der Waals surface area contributed by atoms with Gasteiger partial charge in [0.25, 0.3) is 5.91 Å². The molecule has 1 atom stereocenters. The molecular formula is C16H20Cl2FN3OS. The number of rotatable bonds is 5. The Bertz CT molecular complexity index is 708. The number of halogens is 3. The smallest absolute Gasteiger partial charge is 0.263 e. The quantitative estimate of drug-likeness (QED) is 0.816. The van der Waals surface area contributed by atoms with Gasteiger partial charge in [-0.1, -0.05) is 12.1 Å². The number of carbonyl (C=O) groups excluding carboxylic acids is 1. The molecule has 1 fully saturated rings. The molecule has 24 heavy (non-hydrogen) atoms. The van der Waals surface area contributed by atoms with Gasteiger partial charge >= 0.3 is 0 Å². The maximum absolute atomic E-state index is 13.8. The molecule has 4 nitrogen and oxygen atoms in total. The van der Waals surface area contributed by atoms with Crippen molar-refractivity contribution in [3.8, 4) is 10.6 Å². The Hall–Kier alpha value is -1.21. The highest BCUT2D eigenvalue weighted by Crippen LogP contribution is 2.39. The van der Waals surface area contributed by atoms with Gasteiger partial charge in [-0.2, -0.15) is 0 Å². The van der Waals surface area contributed by atoms with Crippen LogP contribution in [0.2, 0.25) is 0 Å². The molecule has 0 spiro atoms. The van der Waals surface area contributed by atoms with Crippen LogP contribution in [0.5, 0.6) is 0 Å². The highest BCUT2D eigenvalue weighted by Gasteiger charge is 2.41. The Morgan fingerprint density at radius 2 is 2.08 bits per heavy atom. The van der Waals surface area contributed by atoms with Crippen molar-refractivity contribution in [3.05, 3.63) is 41.2 Å². The van der Waals surface area contributed by atoms with Gasteiger partial charge in [-0.15, -0.1) is 36.2 Å². The van der Waals surface area contributed by atoms with Crippen LogP contribution in [0.15, 0.2) is 30.5 Å². The average molecular weight is 392 g/mol. The minimum atomic E-state index is -0.376. The fourth-order valence-electron chi connectivity index (χ4n) is 2.50. The number of hydrogen-bond donors (Lipinski definition) is 2. The van der Waals surface area contributed by atoms with E-state index in [1.54, 1.807) is 18.2 Å². The Kier molecular flexibility index (Phi) is 7.16. The van der Waals surface area contributed by atoms with E-state index in [4.69, 9.17) is 5.73 Å². The van der Waals surface area contributed by atoms with E-state index in [1.165, 1.54) is 23.6 Å². The number of nitrogens with one attached hydrogen (secondary N) is 1. The lowest BCUT2D eigenvalue weighted by atomic mass is 9.96. The molecule has 0 aliphatic heterocycles. The lowest BCUT2D eigenvalue weighted by Gasteiger charge is -2.29. The first-order valence-corrected chi connectivity index (χ1v) is 8.08. The number of carbonyl (C=O) groups is 1. The van der Waals surface area contributed by atoms with Gasteiger partial charge in [0.15, 0.2) is 0 Å². The molecule has 8 heteroatoms. The molecule has 132 valence electrons. The Balaban J connectivity index is 0.00000144. The second kappa shape index (κ2) is 8.25. The summed E-state index contributed by atoms with van der Waals surface area (Å²) in [6, 6.07) is 6.42. The molecule has 1 saturated carbocycles. The van der Waals surface area contributed by atoms with Crippen molar-refractivity contribution in [2.24, 2.45) is 11.7 Å². The van der Waals surface area contributed by atoms with Crippen molar-refractivity contribution in [2.45, 2.75) is 25.3 Å². The molecule has 1 unspecified atom stereocenters. The largest absolute Gasteiger partial charge is 0.345 e. The maximum Gasteiger partial charge on any atom is 0.263 e. The minimum absolute atomic E-state index is 0. The van der Waals surface area contributed by atoms with E-state index in [0.717, 1.165) is 12.8 Å². The van der Waals surface area contributed by atoms with Crippen molar-refractivity contribution in [3.63, 3.8) is 0 Å². The maximum atomic E-state index is 13.8. The molecule has 1 aliphatic rings. The van der Waals surface area contributed by atoms with Crippen molar-refractivity contribution in [1.82, 2.24) is 10.3 Å². The fourth-order valence-corrected chi connectivity index (χ4v) is 3.34. The van der Waals surface area contributed by atoms with E-state index < -0.39 is 0 Å². The topological polar surface area (TPSA) is 68.0 Å². The lowest BCUT2D eigenvalue weighted by Crippen LogP contribution is -2.53. The van der Waals surface area contributed by atoms with Crippen LogP contribution in [0.4, 0.5) is 4.39 Å². The Morgan fingerprint density at radius 1 is 1.42 bits per heavy atom. The molecule has 3 rings (SSSR count). The van der Waals surface area contributed by atoms with Gasteiger partial charge in [0.1, 0.15) is 15.7 Å². The Labute approximate surface area is 156 Å². The van der Waals surface area contributed by atoms with E-state index >= 15 is 0 Å². The van der Waals surface area contributed by atoms with E-state index in [1.807, 2.05) is 6.92 Å². The first-order chi connectivity index (χ1) is 10.5. The minimum Gasteiger partial charge on any atom is -0.345 e. The van der Waals surface area contributed by atoms with Gasteiger partial charge in [-0.25, -0.2) is 9.37 Å². The predicted octanol–water partition coefficient (Wildman–Crippen LogP) is 3.65. The summed E-state index contributed by atoms with van der Waals surface area (Å²) in [4.78, 5) is 17.0. The number of thiazole rings is 1. The molecule has 2 aromatic rings. The van der Waals surface area contributed by atoms with Crippen molar-refractivity contribution in [1.29, 1.82) is 0 Å². The molecule has 0 saturated heterocycles. The van der Waals surface area contributed by atoms with Gasteiger partial charge in [0, 0.05) is 12.1 Å². The van der Waals surface area contributed by atoms with E-state index in [9.17, 15) is 9.18 Å². The highest BCUT2D eigenvalue weighted by atomic mass is 35.5. The summed E-state index contributed by atoms with van der Waals surface area (Å²) in [6.07, 6.45) is 3.68. The zero-order valence-electron chi connectivity index (χ0n) is 13.1. The van der Waals surface area contributed by atoms with Crippen LogP contribution in [0, 0.1) is 11.7 Å². The van der Waals surface area contributed by atoms with Crippen LogP contribution in [0.25, 0.3) is 10.6 Å². The Morgan fingerprint density at radius 3 is 2.67 bits per heavy atom. The number of nitrogens with two attached hydrogens (primary N) is 1. The third kappa shape index (κ3) is 4.25. The van der Waals surface area contributed by atoms with Crippen molar-refractivity contribution in [2.75, 3.05) is 6.54 Å². The summed E-state index contributed by atoms with van der Waals surface area (Å²) in [7, 11) is 0. The summed E-state index contributed by atoms with van der Waals surface area (Å²) in [6.45, 7) is 2.38. The first-order valence-electron chi connectivity index (χ1n) is 7.27. The van der Waals surface area contributed by atoms with Crippen molar-refractivity contribution < 1.29 is 9.18 Å². The van der Waals surface area contributed by atoms with Gasteiger partial charge in [-0.05, 0) is 37.8 Å². The second-order valence-corrected chi connectivity index (χ2v) is 6.89. The molecule has 3 N–H and O–H groups in total. The summed E-state index contributed by atoms with van der Waals surface area (Å²) >= 11 is 1.19. The molecule has 0 bridgehead atoms. The van der Waals surface area contributed by atoms with Crippen molar-refractivity contribution >= 4 is 42.1 Å². The van der Waals surface area contributed by atoms with Crippen LogP contribution < -0.4 is 11.1 Å². The molecule has 1 heterocycles. The third-order valence-electron chi connectivity index (χ3n) is 4.14. The predicted molar refractivity (Wildman–Crippen MR) is 99.7 cm³/mol. The molecule has 0 radical (unpaired) electrons. The van der Waals surface area contributed by atoms with Crippen LogP contribution in [-0.2, 0) is 0 Å². The van der Waals surface area contributed by atoms with Gasteiger partial charge in [-0.3, -0.25) is 4.79 Å². The lowest BCUT2D eigenvalue weighted by molar-refractivity contribution is 0.0902. The van der Waals surface area contributed by atoms with Gasteiger partial charge < -0.3 is 11.1 Å². The number of hydrogen-bond acceptors (Lipinski definition) is 4. The summed E-state index contributed by atoms with van der Waals surface area (Å²) < 4.78 is 13.8. The standard InChI is InChI=1S/C16H18FN3OS.2ClH/c1-16(9-18,10-6-7-10)20-14(21)13-8-19-15(22-13)11-4-2-3-5-12(11)17;;/h2-5,8,10H,6-7,9,18H2,1H3,(H,20,21);2*1H.